The molecule has 2 aromatic heterocycles. The third kappa shape index (κ3) is 2.84. The molecule has 22 heavy (non-hydrogen) atoms. The molecule has 0 radical (unpaired) electrons. The van der Waals surface area contributed by atoms with E-state index in [1.54, 1.807) is 24.4 Å². The summed E-state index contributed by atoms with van der Waals surface area (Å²) in [6.07, 6.45) is 1.70. The lowest BCUT2D eigenvalue weighted by Gasteiger charge is -2.07. The second-order valence-electron chi connectivity index (χ2n) is 4.57. The first-order chi connectivity index (χ1) is 10.7. The largest absolute Gasteiger partial charge is 0.465 e. The zero-order valence-corrected chi connectivity index (χ0v) is 12.6. The number of fused-ring (bicyclic) bond motifs is 1. The number of ether oxygens (including phenoxy) is 1. The van der Waals surface area contributed by atoms with E-state index in [1.165, 1.54) is 28.9 Å². The molecule has 0 saturated heterocycles. The first-order valence-corrected chi connectivity index (χ1v) is 7.43. The number of esters is 1. The Morgan fingerprint density at radius 1 is 1.41 bits per heavy atom. The van der Waals surface area contributed by atoms with Crippen LogP contribution in [-0.2, 0) is 11.3 Å². The monoisotopic (exact) mass is 315 g/mol. The molecule has 2 heterocycles. The molecule has 0 aliphatic carbocycles. The third-order valence-corrected chi connectivity index (χ3v) is 3.87. The molecule has 0 aliphatic rings. The summed E-state index contributed by atoms with van der Waals surface area (Å²) in [4.78, 5) is 28.5. The quantitative estimate of drug-likeness (QED) is 0.747. The summed E-state index contributed by atoms with van der Waals surface area (Å²) in [5.74, 6) is -0.389. The molecule has 3 rings (SSSR count). The molecule has 0 aliphatic heterocycles. The summed E-state index contributed by atoms with van der Waals surface area (Å²) >= 11 is 1.41. The predicted octanol–water partition coefficient (Wildman–Crippen LogP) is 2.15. The van der Waals surface area contributed by atoms with Crippen LogP contribution in [-0.4, -0.2) is 22.5 Å². The normalized spacial score (nSPS) is 10.6. The van der Waals surface area contributed by atoms with Gasteiger partial charge in [-0.1, -0.05) is 6.07 Å². The lowest BCUT2D eigenvalue weighted by Crippen LogP contribution is -2.14. The van der Waals surface area contributed by atoms with Gasteiger partial charge in [-0.25, -0.2) is 9.78 Å². The molecule has 1 N–H and O–H groups in total. The van der Waals surface area contributed by atoms with E-state index in [9.17, 15) is 9.59 Å². The molecule has 0 spiro atoms. The SMILES string of the molecule is COC(=O)c1cccc(NCc2cc(=O)n3ccsc3n2)c1. The third-order valence-electron chi connectivity index (χ3n) is 3.11. The topological polar surface area (TPSA) is 72.7 Å². The summed E-state index contributed by atoms with van der Waals surface area (Å²) in [5.41, 5.74) is 1.77. The molecule has 1 aromatic carbocycles. The molecule has 3 aromatic rings. The lowest BCUT2D eigenvalue weighted by molar-refractivity contribution is 0.0601. The second-order valence-corrected chi connectivity index (χ2v) is 5.44. The first kappa shape index (κ1) is 14.3. The first-order valence-electron chi connectivity index (χ1n) is 6.55. The summed E-state index contributed by atoms with van der Waals surface area (Å²) in [6.45, 7) is 0.397. The number of anilines is 1. The predicted molar refractivity (Wildman–Crippen MR) is 84.4 cm³/mol. The number of rotatable bonds is 4. The van der Waals surface area contributed by atoms with Crippen LogP contribution in [0.25, 0.3) is 4.96 Å². The van der Waals surface area contributed by atoms with Crippen LogP contribution in [0.5, 0.6) is 0 Å². The van der Waals surface area contributed by atoms with Crippen molar-refractivity contribution in [1.29, 1.82) is 0 Å². The van der Waals surface area contributed by atoms with Crippen LogP contribution in [0.1, 0.15) is 16.1 Å². The highest BCUT2D eigenvalue weighted by molar-refractivity contribution is 7.15. The number of nitrogens with zero attached hydrogens (tertiary/aromatic N) is 2. The van der Waals surface area contributed by atoms with Crippen LogP contribution < -0.4 is 10.9 Å². The standard InChI is InChI=1S/C15H13N3O3S/c1-21-14(20)10-3-2-4-11(7-10)16-9-12-8-13(19)18-5-6-22-15(18)17-12/h2-8,16H,9H2,1H3. The fraction of sp³-hybridized carbons (Fsp3) is 0.133. The van der Waals surface area contributed by atoms with E-state index in [1.807, 2.05) is 11.4 Å². The molecule has 0 atom stereocenters. The van der Waals surface area contributed by atoms with Gasteiger partial charge in [0, 0.05) is 23.3 Å². The average Bonchev–Trinajstić information content (AvgIpc) is 3.01. The second kappa shape index (κ2) is 5.98. The van der Waals surface area contributed by atoms with Gasteiger partial charge in [-0.3, -0.25) is 9.20 Å². The number of carbonyl (C=O) groups excluding carboxylic acids is 1. The molecular formula is C15H13N3O3S. The Morgan fingerprint density at radius 3 is 3.09 bits per heavy atom. The van der Waals surface area contributed by atoms with E-state index >= 15 is 0 Å². The molecule has 7 heteroatoms. The smallest absolute Gasteiger partial charge is 0.337 e. The van der Waals surface area contributed by atoms with Gasteiger partial charge in [0.15, 0.2) is 4.96 Å². The average molecular weight is 315 g/mol. The van der Waals surface area contributed by atoms with Gasteiger partial charge in [0.25, 0.3) is 5.56 Å². The fourth-order valence-electron chi connectivity index (χ4n) is 2.04. The number of carbonyl (C=O) groups is 1. The van der Waals surface area contributed by atoms with Gasteiger partial charge >= 0.3 is 5.97 Å². The zero-order chi connectivity index (χ0) is 15.5. The van der Waals surface area contributed by atoms with Gasteiger partial charge in [0.1, 0.15) is 0 Å². The van der Waals surface area contributed by atoms with Crippen molar-refractivity contribution >= 4 is 28.0 Å². The molecule has 0 fully saturated rings. The van der Waals surface area contributed by atoms with Crippen LogP contribution in [0.3, 0.4) is 0 Å². The number of methoxy groups -OCH3 is 1. The maximum Gasteiger partial charge on any atom is 0.337 e. The van der Waals surface area contributed by atoms with E-state index in [0.717, 1.165) is 5.69 Å². The highest BCUT2D eigenvalue weighted by Crippen LogP contribution is 2.13. The van der Waals surface area contributed by atoms with Crippen LogP contribution in [0.2, 0.25) is 0 Å². The maximum absolute atomic E-state index is 11.9. The Morgan fingerprint density at radius 2 is 2.27 bits per heavy atom. The molecule has 6 nitrogen and oxygen atoms in total. The van der Waals surface area contributed by atoms with Crippen molar-refractivity contribution in [2.24, 2.45) is 0 Å². The van der Waals surface area contributed by atoms with Crippen molar-refractivity contribution < 1.29 is 9.53 Å². The number of aromatic nitrogens is 2. The van der Waals surface area contributed by atoms with E-state index in [2.05, 4.69) is 15.0 Å². The Bertz CT molecular complexity index is 885. The number of hydrogen-bond donors (Lipinski definition) is 1. The van der Waals surface area contributed by atoms with Gasteiger partial charge < -0.3 is 10.1 Å². The summed E-state index contributed by atoms with van der Waals surface area (Å²) in [5, 5.41) is 4.97. The van der Waals surface area contributed by atoms with Gasteiger partial charge in [-0.15, -0.1) is 11.3 Å². The summed E-state index contributed by atoms with van der Waals surface area (Å²) in [6, 6.07) is 8.47. The van der Waals surface area contributed by atoms with Crippen LogP contribution >= 0.6 is 11.3 Å². The molecule has 0 unspecified atom stereocenters. The zero-order valence-electron chi connectivity index (χ0n) is 11.8. The molecule has 0 bridgehead atoms. The Balaban J connectivity index is 1.79. The van der Waals surface area contributed by atoms with Crippen LogP contribution in [0.15, 0.2) is 46.7 Å². The maximum atomic E-state index is 11.9. The van der Waals surface area contributed by atoms with Gasteiger partial charge in [0.05, 0.1) is 24.9 Å². The van der Waals surface area contributed by atoms with E-state index in [4.69, 9.17) is 0 Å². The number of hydrogen-bond acceptors (Lipinski definition) is 6. The number of nitrogens with one attached hydrogen (secondary N) is 1. The van der Waals surface area contributed by atoms with E-state index in [-0.39, 0.29) is 11.5 Å². The minimum absolute atomic E-state index is 0.105. The lowest BCUT2D eigenvalue weighted by atomic mass is 10.2. The van der Waals surface area contributed by atoms with Crippen molar-refractivity contribution in [3.8, 4) is 0 Å². The molecule has 0 saturated carbocycles. The minimum atomic E-state index is -0.389. The van der Waals surface area contributed by atoms with Crippen LogP contribution in [0, 0.1) is 0 Å². The summed E-state index contributed by atoms with van der Waals surface area (Å²) < 4.78 is 6.19. The van der Waals surface area contributed by atoms with Crippen molar-refractivity contribution in [3.63, 3.8) is 0 Å². The Labute approximate surface area is 130 Å². The van der Waals surface area contributed by atoms with E-state index < -0.39 is 0 Å². The van der Waals surface area contributed by atoms with Crippen molar-refractivity contribution in [3.05, 3.63) is 63.5 Å². The highest BCUT2D eigenvalue weighted by Gasteiger charge is 2.06. The van der Waals surface area contributed by atoms with Crippen molar-refractivity contribution in [2.75, 3.05) is 12.4 Å². The van der Waals surface area contributed by atoms with Crippen molar-refractivity contribution in [2.45, 2.75) is 6.54 Å². The van der Waals surface area contributed by atoms with Crippen molar-refractivity contribution in [1.82, 2.24) is 9.38 Å². The molecule has 112 valence electrons. The Hall–Kier alpha value is -2.67. The van der Waals surface area contributed by atoms with Gasteiger partial charge in [0.2, 0.25) is 0 Å². The van der Waals surface area contributed by atoms with E-state index in [0.29, 0.717) is 22.8 Å². The molecule has 0 amide bonds. The fourth-order valence-corrected chi connectivity index (χ4v) is 2.78. The molecular weight excluding hydrogens is 302 g/mol. The van der Waals surface area contributed by atoms with Gasteiger partial charge in [-0.2, -0.15) is 0 Å². The summed E-state index contributed by atoms with van der Waals surface area (Å²) in [7, 11) is 1.34. The Kier molecular flexibility index (Phi) is 3.88. The highest BCUT2D eigenvalue weighted by atomic mass is 32.1. The number of benzene rings is 1. The number of thiazole rings is 1. The van der Waals surface area contributed by atoms with Gasteiger partial charge in [-0.05, 0) is 18.2 Å². The van der Waals surface area contributed by atoms with Crippen LogP contribution in [0.4, 0.5) is 5.69 Å². The minimum Gasteiger partial charge on any atom is -0.465 e.